The van der Waals surface area contributed by atoms with Gasteiger partial charge in [0, 0.05) is 26.5 Å². The van der Waals surface area contributed by atoms with Crippen LogP contribution in [-0.4, -0.2) is 27.4 Å². The first-order chi connectivity index (χ1) is 7.38. The smallest absolute Gasteiger partial charge is 0.242 e. The van der Waals surface area contributed by atoms with Crippen LogP contribution in [0.5, 0.6) is 0 Å². The molecule has 0 aliphatic rings. The number of amides is 1. The second-order valence-electron chi connectivity index (χ2n) is 4.35. The third-order valence-corrected chi connectivity index (χ3v) is 2.46. The zero-order chi connectivity index (χ0) is 12.3. The van der Waals surface area contributed by atoms with Gasteiger partial charge in [-0.1, -0.05) is 0 Å². The van der Waals surface area contributed by atoms with Gasteiger partial charge in [-0.3, -0.25) is 4.79 Å². The lowest BCUT2D eigenvalue weighted by Crippen LogP contribution is -2.37. The molecule has 1 rings (SSSR count). The van der Waals surface area contributed by atoms with Gasteiger partial charge >= 0.3 is 0 Å². The molecule has 0 unspecified atom stereocenters. The fourth-order valence-corrected chi connectivity index (χ4v) is 1.36. The minimum absolute atomic E-state index is 0.196. The van der Waals surface area contributed by atoms with Gasteiger partial charge in [0.25, 0.3) is 0 Å². The second-order valence-corrected chi connectivity index (χ2v) is 4.35. The van der Waals surface area contributed by atoms with E-state index in [1.807, 2.05) is 23.9 Å². The largest absolute Gasteiger partial charge is 0.337 e. The first-order valence-corrected chi connectivity index (χ1v) is 5.01. The van der Waals surface area contributed by atoms with E-state index in [2.05, 4.69) is 4.98 Å². The Labute approximate surface area is 95.3 Å². The van der Waals surface area contributed by atoms with Crippen LogP contribution in [0.2, 0.25) is 0 Å². The normalized spacial score (nSPS) is 10.9. The van der Waals surface area contributed by atoms with Crippen molar-refractivity contribution in [3.63, 3.8) is 0 Å². The molecule has 0 aromatic carbocycles. The summed E-state index contributed by atoms with van der Waals surface area (Å²) in [6.07, 6.45) is 3.51. The molecular weight excluding hydrogens is 204 g/mol. The van der Waals surface area contributed by atoms with Crippen LogP contribution in [0.15, 0.2) is 12.4 Å². The summed E-state index contributed by atoms with van der Waals surface area (Å²) in [5.41, 5.74) is -0.986. The lowest BCUT2D eigenvalue weighted by Gasteiger charge is -2.23. The summed E-state index contributed by atoms with van der Waals surface area (Å²) < 4.78 is 1.85. The number of carbonyl (C=O) groups is 1. The Balaban J connectivity index is 2.75. The maximum Gasteiger partial charge on any atom is 0.242 e. The average Bonchev–Trinajstić information content (AvgIpc) is 2.63. The Morgan fingerprint density at radius 2 is 2.31 bits per heavy atom. The van der Waals surface area contributed by atoms with Gasteiger partial charge in [0.2, 0.25) is 5.91 Å². The summed E-state index contributed by atoms with van der Waals surface area (Å²) in [4.78, 5) is 17.6. The Kier molecular flexibility index (Phi) is 3.33. The Morgan fingerprint density at radius 3 is 2.75 bits per heavy atom. The number of rotatable bonds is 3. The van der Waals surface area contributed by atoms with Crippen molar-refractivity contribution in [3.8, 4) is 6.07 Å². The highest BCUT2D eigenvalue weighted by molar-refractivity contribution is 5.84. The highest BCUT2D eigenvalue weighted by Gasteiger charge is 2.30. The van der Waals surface area contributed by atoms with E-state index < -0.39 is 5.41 Å². The van der Waals surface area contributed by atoms with Crippen LogP contribution >= 0.6 is 0 Å². The fraction of sp³-hybridized carbons (Fsp3) is 0.545. The predicted octanol–water partition coefficient (Wildman–Crippen LogP) is 0.928. The lowest BCUT2D eigenvalue weighted by atomic mass is 9.94. The molecule has 0 bridgehead atoms. The van der Waals surface area contributed by atoms with Crippen molar-refractivity contribution < 1.29 is 4.79 Å². The van der Waals surface area contributed by atoms with Crippen LogP contribution in [0, 0.1) is 16.7 Å². The molecule has 0 fully saturated rings. The van der Waals surface area contributed by atoms with Crippen LogP contribution in [-0.2, 0) is 18.4 Å². The number of hydrogen-bond donors (Lipinski definition) is 0. The lowest BCUT2D eigenvalue weighted by molar-refractivity contribution is -0.136. The van der Waals surface area contributed by atoms with Crippen LogP contribution in [0.3, 0.4) is 0 Å². The molecule has 1 aromatic rings. The molecule has 0 N–H and O–H groups in total. The fourth-order valence-electron chi connectivity index (χ4n) is 1.36. The highest BCUT2D eigenvalue weighted by atomic mass is 16.2. The number of aryl methyl sites for hydroxylation is 1. The zero-order valence-electron chi connectivity index (χ0n) is 10.1. The molecule has 86 valence electrons. The summed E-state index contributed by atoms with van der Waals surface area (Å²) in [5.74, 6) is 0.600. The van der Waals surface area contributed by atoms with Gasteiger partial charge in [0.05, 0.1) is 12.6 Å². The van der Waals surface area contributed by atoms with Gasteiger partial charge in [0.15, 0.2) is 0 Å². The maximum absolute atomic E-state index is 11.9. The maximum atomic E-state index is 11.9. The van der Waals surface area contributed by atoms with E-state index in [0.717, 1.165) is 5.82 Å². The third-order valence-electron chi connectivity index (χ3n) is 2.46. The Bertz CT molecular complexity index is 427. The van der Waals surface area contributed by atoms with Crippen molar-refractivity contribution in [3.05, 3.63) is 18.2 Å². The predicted molar refractivity (Wildman–Crippen MR) is 59.1 cm³/mol. The summed E-state index contributed by atoms with van der Waals surface area (Å²) in [7, 11) is 3.55. The first kappa shape index (κ1) is 12.2. The van der Waals surface area contributed by atoms with E-state index >= 15 is 0 Å². The number of nitrogens with zero attached hydrogens (tertiary/aromatic N) is 4. The molecule has 1 aromatic heterocycles. The molecule has 5 heteroatoms. The van der Waals surface area contributed by atoms with E-state index in [9.17, 15) is 4.79 Å². The zero-order valence-corrected chi connectivity index (χ0v) is 10.1. The molecule has 0 saturated carbocycles. The van der Waals surface area contributed by atoms with Crippen molar-refractivity contribution in [1.82, 2.24) is 14.5 Å². The standard InChI is InChI=1S/C11H16N4O/c1-11(2,8-12)10(16)15(4)7-9-13-5-6-14(9)3/h5-6H,7H2,1-4H3. The average molecular weight is 220 g/mol. The summed E-state index contributed by atoms with van der Waals surface area (Å²) in [6.45, 7) is 3.64. The summed E-state index contributed by atoms with van der Waals surface area (Å²) >= 11 is 0. The number of imidazole rings is 1. The number of nitriles is 1. The SMILES string of the molecule is CN(Cc1nccn1C)C(=O)C(C)(C)C#N. The first-order valence-electron chi connectivity index (χ1n) is 5.01. The van der Waals surface area contributed by atoms with Crippen molar-refractivity contribution in [2.45, 2.75) is 20.4 Å². The van der Waals surface area contributed by atoms with E-state index in [0.29, 0.717) is 6.54 Å². The molecule has 1 heterocycles. The van der Waals surface area contributed by atoms with Crippen LogP contribution < -0.4 is 0 Å². The third kappa shape index (κ3) is 2.40. The van der Waals surface area contributed by atoms with Crippen molar-refractivity contribution in [2.24, 2.45) is 12.5 Å². The van der Waals surface area contributed by atoms with Crippen LogP contribution in [0.4, 0.5) is 0 Å². The van der Waals surface area contributed by atoms with Gasteiger partial charge in [-0.25, -0.2) is 4.98 Å². The van der Waals surface area contributed by atoms with Crippen molar-refractivity contribution >= 4 is 5.91 Å². The molecule has 0 spiro atoms. The molecule has 0 saturated heterocycles. The van der Waals surface area contributed by atoms with E-state index in [1.54, 1.807) is 27.1 Å². The molecule has 5 nitrogen and oxygen atoms in total. The number of aromatic nitrogens is 2. The van der Waals surface area contributed by atoms with Gasteiger partial charge in [-0.15, -0.1) is 0 Å². The van der Waals surface area contributed by atoms with Crippen molar-refractivity contribution in [2.75, 3.05) is 7.05 Å². The minimum Gasteiger partial charge on any atom is -0.337 e. The van der Waals surface area contributed by atoms with Crippen LogP contribution in [0.1, 0.15) is 19.7 Å². The van der Waals surface area contributed by atoms with Gasteiger partial charge in [-0.2, -0.15) is 5.26 Å². The van der Waals surface area contributed by atoms with E-state index in [1.165, 1.54) is 4.90 Å². The number of carbonyl (C=O) groups excluding carboxylic acids is 1. The molecular formula is C11H16N4O. The molecule has 1 amide bonds. The molecule has 16 heavy (non-hydrogen) atoms. The summed E-state index contributed by atoms with van der Waals surface area (Å²) in [6, 6.07) is 2.00. The van der Waals surface area contributed by atoms with Crippen molar-refractivity contribution in [1.29, 1.82) is 5.26 Å². The second kappa shape index (κ2) is 4.35. The number of hydrogen-bond acceptors (Lipinski definition) is 3. The van der Waals surface area contributed by atoms with Crippen LogP contribution in [0.25, 0.3) is 0 Å². The van der Waals surface area contributed by atoms with Gasteiger partial charge in [-0.05, 0) is 13.8 Å². The minimum atomic E-state index is -0.986. The Morgan fingerprint density at radius 1 is 1.69 bits per heavy atom. The quantitative estimate of drug-likeness (QED) is 0.761. The molecule has 0 radical (unpaired) electrons. The van der Waals surface area contributed by atoms with Gasteiger partial charge < -0.3 is 9.47 Å². The summed E-state index contributed by atoms with van der Waals surface area (Å²) in [5, 5.41) is 8.88. The monoisotopic (exact) mass is 220 g/mol. The molecule has 0 atom stereocenters. The Hall–Kier alpha value is -1.83. The molecule has 0 aliphatic carbocycles. The van der Waals surface area contributed by atoms with E-state index in [-0.39, 0.29) is 5.91 Å². The van der Waals surface area contributed by atoms with Gasteiger partial charge in [0.1, 0.15) is 11.2 Å². The van der Waals surface area contributed by atoms with E-state index in [4.69, 9.17) is 5.26 Å². The highest BCUT2D eigenvalue weighted by Crippen LogP contribution is 2.17. The molecule has 0 aliphatic heterocycles. The topological polar surface area (TPSA) is 61.9 Å².